The average Bonchev–Trinajstić information content (AvgIpc) is 2.82. The number of phenols is 2. The molecule has 1 aromatic carbocycles. The van der Waals surface area contributed by atoms with Crippen molar-refractivity contribution >= 4 is 11.3 Å². The van der Waals surface area contributed by atoms with E-state index >= 15 is 0 Å². The quantitative estimate of drug-likeness (QED) is 0.834. The Bertz CT molecular complexity index is 539. The molecule has 0 saturated carbocycles. The molecule has 2 aromatic rings. The number of rotatable bonds is 4. The second kappa shape index (κ2) is 5.37. The first kappa shape index (κ1) is 12.9. The van der Waals surface area contributed by atoms with Crippen molar-refractivity contribution in [3.63, 3.8) is 0 Å². The number of methoxy groups -OCH3 is 1. The third-order valence-electron chi connectivity index (χ3n) is 2.63. The van der Waals surface area contributed by atoms with Crippen molar-refractivity contribution in [2.75, 3.05) is 13.7 Å². The number of aromatic hydroxyl groups is 2. The summed E-state index contributed by atoms with van der Waals surface area (Å²) in [5, 5.41) is 21.7. The molecule has 0 unspecified atom stereocenters. The standard InChI is InChI=1S/C13H15NO3S/c1-8(6-17-2)13-14-10(7-18-13)9-3-4-11(15)12(16)5-9/h3-5,7-8,15-16H,6H2,1-2H3/t8-/m1/s1. The number of ether oxygens (including phenoxy) is 1. The maximum atomic E-state index is 9.47. The van der Waals surface area contributed by atoms with Crippen LogP contribution in [0.4, 0.5) is 0 Å². The van der Waals surface area contributed by atoms with E-state index in [0.29, 0.717) is 6.61 Å². The van der Waals surface area contributed by atoms with Crippen molar-refractivity contribution in [2.24, 2.45) is 0 Å². The zero-order valence-electron chi connectivity index (χ0n) is 10.3. The molecule has 0 fully saturated rings. The van der Waals surface area contributed by atoms with Crippen LogP contribution in [0.3, 0.4) is 0 Å². The van der Waals surface area contributed by atoms with Crippen LogP contribution in [0.2, 0.25) is 0 Å². The minimum Gasteiger partial charge on any atom is -0.504 e. The van der Waals surface area contributed by atoms with Crippen LogP contribution in [0.25, 0.3) is 11.3 Å². The molecule has 2 N–H and O–H groups in total. The normalized spacial score (nSPS) is 12.6. The van der Waals surface area contributed by atoms with E-state index in [4.69, 9.17) is 4.74 Å². The van der Waals surface area contributed by atoms with Crippen LogP contribution in [0.15, 0.2) is 23.6 Å². The van der Waals surface area contributed by atoms with Gasteiger partial charge in [-0.3, -0.25) is 0 Å². The lowest BCUT2D eigenvalue weighted by atomic mass is 10.1. The molecule has 0 bridgehead atoms. The van der Waals surface area contributed by atoms with Gasteiger partial charge in [0.1, 0.15) is 0 Å². The van der Waals surface area contributed by atoms with Crippen molar-refractivity contribution in [1.29, 1.82) is 0 Å². The van der Waals surface area contributed by atoms with Gasteiger partial charge < -0.3 is 14.9 Å². The molecule has 2 rings (SSSR count). The summed E-state index contributed by atoms with van der Waals surface area (Å²) in [6, 6.07) is 4.70. The highest BCUT2D eigenvalue weighted by molar-refractivity contribution is 7.10. The number of nitrogens with zero attached hydrogens (tertiary/aromatic N) is 1. The summed E-state index contributed by atoms with van der Waals surface area (Å²) < 4.78 is 5.10. The molecule has 96 valence electrons. The van der Waals surface area contributed by atoms with Gasteiger partial charge in [-0.05, 0) is 18.2 Å². The number of thiazole rings is 1. The van der Waals surface area contributed by atoms with Gasteiger partial charge in [0.05, 0.1) is 17.3 Å². The molecular formula is C13H15NO3S. The van der Waals surface area contributed by atoms with E-state index in [-0.39, 0.29) is 17.4 Å². The molecule has 1 atom stereocenters. The molecule has 0 aliphatic rings. The number of benzene rings is 1. The van der Waals surface area contributed by atoms with Gasteiger partial charge in [0, 0.05) is 24.0 Å². The maximum Gasteiger partial charge on any atom is 0.158 e. The Balaban J connectivity index is 2.26. The molecule has 0 spiro atoms. The fourth-order valence-electron chi connectivity index (χ4n) is 1.65. The summed E-state index contributed by atoms with van der Waals surface area (Å²) in [6.07, 6.45) is 0. The fraction of sp³-hybridized carbons (Fsp3) is 0.308. The summed E-state index contributed by atoms with van der Waals surface area (Å²) in [7, 11) is 1.67. The highest BCUT2D eigenvalue weighted by Crippen LogP contribution is 2.32. The van der Waals surface area contributed by atoms with Crippen LogP contribution in [0.5, 0.6) is 11.5 Å². The molecule has 0 aliphatic carbocycles. The smallest absolute Gasteiger partial charge is 0.158 e. The first-order chi connectivity index (χ1) is 8.61. The third kappa shape index (κ3) is 2.63. The molecule has 0 aliphatic heterocycles. The van der Waals surface area contributed by atoms with Gasteiger partial charge in [0.25, 0.3) is 0 Å². The molecule has 18 heavy (non-hydrogen) atoms. The first-order valence-electron chi connectivity index (χ1n) is 5.58. The molecule has 5 heteroatoms. The topological polar surface area (TPSA) is 62.6 Å². The largest absolute Gasteiger partial charge is 0.504 e. The Kier molecular flexibility index (Phi) is 3.84. The molecular weight excluding hydrogens is 250 g/mol. The maximum absolute atomic E-state index is 9.47. The van der Waals surface area contributed by atoms with Gasteiger partial charge in [-0.1, -0.05) is 6.92 Å². The Morgan fingerprint density at radius 2 is 2.11 bits per heavy atom. The summed E-state index contributed by atoms with van der Waals surface area (Å²) in [5.41, 5.74) is 1.59. The van der Waals surface area contributed by atoms with Crippen molar-refractivity contribution < 1.29 is 14.9 Å². The molecule has 1 aromatic heterocycles. The number of phenolic OH excluding ortho intramolecular Hbond substituents is 2. The van der Waals surface area contributed by atoms with Crippen molar-refractivity contribution in [1.82, 2.24) is 4.98 Å². The van der Waals surface area contributed by atoms with Crippen LogP contribution in [0, 0.1) is 0 Å². The summed E-state index contributed by atoms with van der Waals surface area (Å²) in [6.45, 7) is 2.69. The summed E-state index contributed by atoms with van der Waals surface area (Å²) >= 11 is 1.57. The van der Waals surface area contributed by atoms with E-state index < -0.39 is 0 Å². The predicted octanol–water partition coefficient (Wildman–Crippen LogP) is 2.97. The van der Waals surface area contributed by atoms with Gasteiger partial charge >= 0.3 is 0 Å². The SMILES string of the molecule is COC[C@@H](C)c1nc(-c2ccc(O)c(O)c2)cs1. The van der Waals surface area contributed by atoms with Crippen molar-refractivity contribution in [3.8, 4) is 22.8 Å². The number of hydrogen-bond acceptors (Lipinski definition) is 5. The van der Waals surface area contributed by atoms with Gasteiger partial charge in [0.2, 0.25) is 0 Å². The molecule has 0 amide bonds. The number of aromatic nitrogens is 1. The lowest BCUT2D eigenvalue weighted by Crippen LogP contribution is -2.01. The molecule has 1 heterocycles. The minimum absolute atomic E-state index is 0.123. The fourth-order valence-corrected chi connectivity index (χ4v) is 2.52. The Morgan fingerprint density at radius 1 is 1.33 bits per heavy atom. The van der Waals surface area contributed by atoms with E-state index in [2.05, 4.69) is 11.9 Å². The molecule has 4 nitrogen and oxygen atoms in total. The highest BCUT2D eigenvalue weighted by Gasteiger charge is 2.12. The van der Waals surface area contributed by atoms with Crippen molar-refractivity contribution in [2.45, 2.75) is 12.8 Å². The van der Waals surface area contributed by atoms with E-state index in [9.17, 15) is 10.2 Å². The van der Waals surface area contributed by atoms with E-state index in [0.717, 1.165) is 16.3 Å². The van der Waals surface area contributed by atoms with Crippen LogP contribution in [-0.2, 0) is 4.74 Å². The Hall–Kier alpha value is -1.59. The third-order valence-corrected chi connectivity index (χ3v) is 3.71. The van der Waals surface area contributed by atoms with Gasteiger partial charge in [0.15, 0.2) is 11.5 Å². The average molecular weight is 265 g/mol. The Labute approximate surface area is 110 Å². The lowest BCUT2D eigenvalue weighted by molar-refractivity contribution is 0.184. The highest BCUT2D eigenvalue weighted by atomic mass is 32.1. The number of hydrogen-bond donors (Lipinski definition) is 2. The molecule has 0 radical (unpaired) electrons. The van der Waals surface area contributed by atoms with Crippen LogP contribution in [0.1, 0.15) is 17.8 Å². The summed E-state index contributed by atoms with van der Waals surface area (Å²) in [4.78, 5) is 4.52. The monoisotopic (exact) mass is 265 g/mol. The zero-order valence-corrected chi connectivity index (χ0v) is 11.1. The van der Waals surface area contributed by atoms with E-state index in [1.54, 1.807) is 24.5 Å². The molecule has 0 saturated heterocycles. The second-order valence-electron chi connectivity index (χ2n) is 4.13. The van der Waals surface area contributed by atoms with E-state index in [1.165, 1.54) is 12.1 Å². The Morgan fingerprint density at radius 3 is 2.78 bits per heavy atom. The lowest BCUT2D eigenvalue weighted by Gasteiger charge is -2.05. The zero-order chi connectivity index (χ0) is 13.1. The summed E-state index contributed by atoms with van der Waals surface area (Å²) in [5.74, 6) is -0.00611. The van der Waals surface area contributed by atoms with E-state index in [1.807, 2.05) is 5.38 Å². The first-order valence-corrected chi connectivity index (χ1v) is 6.46. The van der Waals surface area contributed by atoms with Gasteiger partial charge in [-0.25, -0.2) is 4.98 Å². The second-order valence-corrected chi connectivity index (χ2v) is 5.02. The van der Waals surface area contributed by atoms with Gasteiger partial charge in [-0.2, -0.15) is 0 Å². The van der Waals surface area contributed by atoms with Crippen LogP contribution >= 0.6 is 11.3 Å². The van der Waals surface area contributed by atoms with Gasteiger partial charge in [-0.15, -0.1) is 11.3 Å². The predicted molar refractivity (Wildman–Crippen MR) is 71.2 cm³/mol. The minimum atomic E-state index is -0.132. The van der Waals surface area contributed by atoms with Crippen LogP contribution < -0.4 is 0 Å². The van der Waals surface area contributed by atoms with Crippen LogP contribution in [-0.4, -0.2) is 28.9 Å². The van der Waals surface area contributed by atoms with Crippen molar-refractivity contribution in [3.05, 3.63) is 28.6 Å².